The molecule has 1 atom stereocenters. The molecule has 24 heavy (non-hydrogen) atoms. The van der Waals surface area contributed by atoms with E-state index >= 15 is 0 Å². The van der Waals surface area contributed by atoms with Crippen LogP contribution in [-0.2, 0) is 15.6 Å². The lowest BCUT2D eigenvalue weighted by atomic mass is 10.00. The number of sulfone groups is 1. The van der Waals surface area contributed by atoms with Crippen molar-refractivity contribution >= 4 is 15.7 Å². The molecule has 126 valence electrons. The summed E-state index contributed by atoms with van der Waals surface area (Å²) in [6, 6.07) is 14.3. The van der Waals surface area contributed by atoms with E-state index in [1.54, 1.807) is 24.3 Å². The first-order chi connectivity index (χ1) is 11.4. The summed E-state index contributed by atoms with van der Waals surface area (Å²) in [7, 11) is -3.08. The maximum atomic E-state index is 12.4. The van der Waals surface area contributed by atoms with Crippen molar-refractivity contribution < 1.29 is 17.9 Å². The largest absolute Gasteiger partial charge is 0.493 e. The summed E-state index contributed by atoms with van der Waals surface area (Å²) < 4.78 is 28.2. The average molecular weight is 345 g/mol. The Balaban J connectivity index is 1.72. The molecule has 2 aromatic carbocycles. The SMILES string of the molecule is CS(=O)(=O)Cc1ccc(C(=O)N[C@H]2CCOc3ccccc32)cc1. The number of amides is 1. The van der Waals surface area contributed by atoms with E-state index in [1.165, 1.54) is 6.26 Å². The molecule has 0 aliphatic carbocycles. The topological polar surface area (TPSA) is 72.5 Å². The molecule has 3 rings (SSSR count). The lowest BCUT2D eigenvalue weighted by molar-refractivity contribution is 0.0925. The molecule has 1 aliphatic heterocycles. The van der Waals surface area contributed by atoms with E-state index in [0.29, 0.717) is 17.7 Å². The van der Waals surface area contributed by atoms with E-state index in [1.807, 2.05) is 24.3 Å². The van der Waals surface area contributed by atoms with Gasteiger partial charge in [0.1, 0.15) is 5.75 Å². The first-order valence-electron chi connectivity index (χ1n) is 7.72. The van der Waals surface area contributed by atoms with Crippen molar-refractivity contribution in [3.05, 3.63) is 65.2 Å². The van der Waals surface area contributed by atoms with Crippen LogP contribution < -0.4 is 10.1 Å². The monoisotopic (exact) mass is 345 g/mol. The molecule has 0 saturated heterocycles. The summed E-state index contributed by atoms with van der Waals surface area (Å²) in [5.41, 5.74) is 2.16. The fraction of sp³-hybridized carbons (Fsp3) is 0.278. The van der Waals surface area contributed by atoms with Gasteiger partial charge in [0.2, 0.25) is 0 Å². The van der Waals surface area contributed by atoms with Crippen molar-refractivity contribution in [3.8, 4) is 5.75 Å². The average Bonchev–Trinajstić information content (AvgIpc) is 2.54. The highest BCUT2D eigenvalue weighted by Crippen LogP contribution is 2.31. The summed E-state index contributed by atoms with van der Waals surface area (Å²) in [5.74, 6) is 0.600. The second-order valence-electron chi connectivity index (χ2n) is 5.97. The van der Waals surface area contributed by atoms with Gasteiger partial charge in [-0.05, 0) is 23.8 Å². The van der Waals surface area contributed by atoms with Crippen molar-refractivity contribution in [2.75, 3.05) is 12.9 Å². The van der Waals surface area contributed by atoms with E-state index in [9.17, 15) is 13.2 Å². The number of carbonyl (C=O) groups is 1. The molecule has 0 unspecified atom stereocenters. The fourth-order valence-electron chi connectivity index (χ4n) is 2.79. The van der Waals surface area contributed by atoms with Crippen molar-refractivity contribution in [1.29, 1.82) is 0 Å². The highest BCUT2D eigenvalue weighted by molar-refractivity contribution is 7.89. The number of hydrogen-bond donors (Lipinski definition) is 1. The first kappa shape index (κ1) is 16.5. The summed E-state index contributed by atoms with van der Waals surface area (Å²) in [5, 5.41) is 3.02. The van der Waals surface area contributed by atoms with Crippen LogP contribution in [0, 0.1) is 0 Å². The van der Waals surface area contributed by atoms with Crippen LogP contribution in [0.5, 0.6) is 5.75 Å². The highest BCUT2D eigenvalue weighted by Gasteiger charge is 2.23. The lowest BCUT2D eigenvalue weighted by Crippen LogP contribution is -2.32. The third kappa shape index (κ3) is 3.94. The Kier molecular flexibility index (Phi) is 4.57. The second kappa shape index (κ2) is 6.65. The summed E-state index contributed by atoms with van der Waals surface area (Å²) in [6.45, 7) is 0.565. The molecule has 0 saturated carbocycles. The Hall–Kier alpha value is -2.34. The minimum atomic E-state index is -3.08. The van der Waals surface area contributed by atoms with E-state index in [4.69, 9.17) is 4.74 Å². The van der Waals surface area contributed by atoms with Gasteiger partial charge in [0, 0.05) is 23.8 Å². The molecular weight excluding hydrogens is 326 g/mol. The predicted octanol–water partition coefficient (Wildman–Crippen LogP) is 2.48. The van der Waals surface area contributed by atoms with Gasteiger partial charge in [0.25, 0.3) is 5.91 Å². The number of carbonyl (C=O) groups excluding carboxylic acids is 1. The minimum absolute atomic E-state index is 0.0256. The Bertz CT molecular complexity index is 844. The molecule has 1 heterocycles. The third-order valence-corrected chi connectivity index (χ3v) is 4.77. The van der Waals surface area contributed by atoms with Crippen molar-refractivity contribution in [2.45, 2.75) is 18.2 Å². The zero-order valence-corrected chi connectivity index (χ0v) is 14.2. The molecule has 0 fully saturated rings. The maximum absolute atomic E-state index is 12.4. The number of para-hydroxylation sites is 1. The summed E-state index contributed by atoms with van der Waals surface area (Å²) >= 11 is 0. The highest BCUT2D eigenvalue weighted by atomic mass is 32.2. The van der Waals surface area contributed by atoms with Crippen LogP contribution in [0.3, 0.4) is 0 Å². The predicted molar refractivity (Wildman–Crippen MR) is 91.8 cm³/mol. The normalized spacial score (nSPS) is 16.8. The molecule has 1 amide bonds. The molecule has 1 aliphatic rings. The van der Waals surface area contributed by atoms with E-state index in [0.717, 1.165) is 17.7 Å². The van der Waals surface area contributed by atoms with Crippen LogP contribution in [0.4, 0.5) is 0 Å². The molecule has 6 heteroatoms. The van der Waals surface area contributed by atoms with Gasteiger partial charge in [-0.15, -0.1) is 0 Å². The second-order valence-corrected chi connectivity index (χ2v) is 8.11. The Morgan fingerprint density at radius 1 is 1.17 bits per heavy atom. The lowest BCUT2D eigenvalue weighted by Gasteiger charge is -2.26. The van der Waals surface area contributed by atoms with Gasteiger partial charge >= 0.3 is 0 Å². The summed E-state index contributed by atoms with van der Waals surface area (Å²) in [4.78, 5) is 12.4. The van der Waals surface area contributed by atoms with Gasteiger partial charge < -0.3 is 10.1 Å². The smallest absolute Gasteiger partial charge is 0.251 e. The number of nitrogens with one attached hydrogen (secondary N) is 1. The molecular formula is C18H19NO4S. The van der Waals surface area contributed by atoms with Gasteiger partial charge in [-0.3, -0.25) is 4.79 Å². The molecule has 1 N–H and O–H groups in total. The van der Waals surface area contributed by atoms with Crippen LogP contribution in [0.2, 0.25) is 0 Å². The Morgan fingerprint density at radius 2 is 1.88 bits per heavy atom. The van der Waals surface area contributed by atoms with Crippen LogP contribution in [-0.4, -0.2) is 27.2 Å². The molecule has 2 aromatic rings. The molecule has 0 spiro atoms. The number of benzene rings is 2. The molecule has 5 nitrogen and oxygen atoms in total. The van der Waals surface area contributed by atoms with Crippen molar-refractivity contribution in [3.63, 3.8) is 0 Å². The minimum Gasteiger partial charge on any atom is -0.493 e. The molecule has 0 radical (unpaired) electrons. The zero-order valence-electron chi connectivity index (χ0n) is 13.4. The van der Waals surface area contributed by atoms with Gasteiger partial charge in [0.05, 0.1) is 18.4 Å². The summed E-state index contributed by atoms with van der Waals surface area (Å²) in [6.07, 6.45) is 1.91. The maximum Gasteiger partial charge on any atom is 0.251 e. The van der Waals surface area contributed by atoms with Gasteiger partial charge in [-0.25, -0.2) is 8.42 Å². The van der Waals surface area contributed by atoms with Gasteiger partial charge in [-0.2, -0.15) is 0 Å². The molecule has 0 bridgehead atoms. The Labute approximate surface area is 141 Å². The number of ether oxygens (including phenoxy) is 1. The number of rotatable bonds is 4. The fourth-order valence-corrected chi connectivity index (χ4v) is 3.59. The van der Waals surface area contributed by atoms with Crippen LogP contribution in [0.15, 0.2) is 48.5 Å². The Morgan fingerprint density at radius 3 is 2.58 bits per heavy atom. The van der Waals surface area contributed by atoms with E-state index in [2.05, 4.69) is 5.32 Å². The van der Waals surface area contributed by atoms with Crippen LogP contribution in [0.25, 0.3) is 0 Å². The van der Waals surface area contributed by atoms with Crippen molar-refractivity contribution in [1.82, 2.24) is 5.32 Å². The first-order valence-corrected chi connectivity index (χ1v) is 9.78. The van der Waals surface area contributed by atoms with Crippen LogP contribution in [0.1, 0.15) is 33.9 Å². The van der Waals surface area contributed by atoms with E-state index in [-0.39, 0.29) is 17.7 Å². The number of fused-ring (bicyclic) bond motifs is 1. The standard InChI is InChI=1S/C18H19NO4S/c1-24(21,22)12-13-6-8-14(9-7-13)18(20)19-16-10-11-23-17-5-3-2-4-15(16)17/h2-9,16H,10-12H2,1H3,(H,19,20)/t16-/m0/s1. The zero-order chi connectivity index (χ0) is 17.2. The van der Waals surface area contributed by atoms with Gasteiger partial charge in [-0.1, -0.05) is 30.3 Å². The van der Waals surface area contributed by atoms with Crippen LogP contribution >= 0.6 is 0 Å². The quantitative estimate of drug-likeness (QED) is 0.924. The van der Waals surface area contributed by atoms with Crippen molar-refractivity contribution in [2.24, 2.45) is 0 Å². The van der Waals surface area contributed by atoms with E-state index < -0.39 is 9.84 Å². The van der Waals surface area contributed by atoms with Gasteiger partial charge in [0.15, 0.2) is 9.84 Å². The third-order valence-electron chi connectivity index (χ3n) is 3.91. The number of hydrogen-bond acceptors (Lipinski definition) is 4. The molecule has 0 aromatic heterocycles.